The number of amides is 1. The molecule has 104 valence electrons. The van der Waals surface area contributed by atoms with Crippen LogP contribution in [0.5, 0.6) is 5.75 Å². The molecule has 20 heavy (non-hydrogen) atoms. The Kier molecular flexibility index (Phi) is 3.99. The zero-order chi connectivity index (χ0) is 14.7. The average Bonchev–Trinajstić information content (AvgIpc) is 2.75. The van der Waals surface area contributed by atoms with Crippen LogP contribution < -0.4 is 11.2 Å². The minimum Gasteiger partial charge on any atom is -0.508 e. The molecule has 0 fully saturated rings. The van der Waals surface area contributed by atoms with E-state index in [-0.39, 0.29) is 5.75 Å². The van der Waals surface area contributed by atoms with E-state index in [0.29, 0.717) is 16.3 Å². The molecule has 1 aromatic heterocycles. The summed E-state index contributed by atoms with van der Waals surface area (Å²) < 4.78 is 4.12. The van der Waals surface area contributed by atoms with Gasteiger partial charge in [-0.3, -0.25) is 4.79 Å². The first-order chi connectivity index (χ1) is 9.49. The SMILES string of the molecule is C/C(=N/NC(=O)c1cccc(O)c1)c1c(C)nsc1N. The van der Waals surface area contributed by atoms with E-state index in [4.69, 9.17) is 5.73 Å². The number of aromatic hydroxyl groups is 1. The van der Waals surface area contributed by atoms with Gasteiger partial charge in [-0.1, -0.05) is 6.07 Å². The lowest BCUT2D eigenvalue weighted by atomic mass is 10.2. The van der Waals surface area contributed by atoms with E-state index in [2.05, 4.69) is 14.9 Å². The quantitative estimate of drug-likeness (QED) is 0.593. The van der Waals surface area contributed by atoms with Crippen molar-refractivity contribution in [2.75, 3.05) is 5.73 Å². The number of nitrogens with one attached hydrogen (secondary N) is 1. The summed E-state index contributed by atoms with van der Waals surface area (Å²) >= 11 is 1.19. The first-order valence-electron chi connectivity index (χ1n) is 5.85. The Balaban J connectivity index is 2.15. The highest BCUT2D eigenvalue weighted by Crippen LogP contribution is 2.21. The molecule has 0 spiro atoms. The van der Waals surface area contributed by atoms with Gasteiger partial charge in [0.1, 0.15) is 10.8 Å². The fraction of sp³-hybridized carbons (Fsp3) is 0.154. The number of aryl methyl sites for hydroxylation is 1. The molecule has 0 saturated carbocycles. The molecule has 2 rings (SSSR count). The fourth-order valence-electron chi connectivity index (χ4n) is 1.73. The predicted molar refractivity (Wildman–Crippen MR) is 79.0 cm³/mol. The number of benzene rings is 1. The summed E-state index contributed by atoms with van der Waals surface area (Å²) in [6, 6.07) is 6.04. The van der Waals surface area contributed by atoms with Gasteiger partial charge < -0.3 is 10.8 Å². The van der Waals surface area contributed by atoms with Gasteiger partial charge in [-0.05, 0) is 43.6 Å². The maximum Gasteiger partial charge on any atom is 0.271 e. The van der Waals surface area contributed by atoms with Crippen LogP contribution in [0.3, 0.4) is 0 Å². The monoisotopic (exact) mass is 290 g/mol. The van der Waals surface area contributed by atoms with Crippen LogP contribution in [0.2, 0.25) is 0 Å². The number of anilines is 1. The summed E-state index contributed by atoms with van der Waals surface area (Å²) in [7, 11) is 0. The van der Waals surface area contributed by atoms with Crippen molar-refractivity contribution in [2.45, 2.75) is 13.8 Å². The number of hydrogen-bond acceptors (Lipinski definition) is 6. The van der Waals surface area contributed by atoms with E-state index in [1.54, 1.807) is 19.1 Å². The van der Waals surface area contributed by atoms with Gasteiger partial charge in [0.2, 0.25) is 0 Å². The molecule has 0 aliphatic heterocycles. The second-order valence-electron chi connectivity index (χ2n) is 4.20. The molecular weight excluding hydrogens is 276 g/mol. The van der Waals surface area contributed by atoms with Gasteiger partial charge in [-0.25, -0.2) is 5.43 Å². The molecule has 1 aromatic carbocycles. The van der Waals surface area contributed by atoms with Gasteiger partial charge in [0, 0.05) is 5.56 Å². The number of phenols is 1. The molecule has 0 unspecified atom stereocenters. The molecule has 0 bridgehead atoms. The summed E-state index contributed by atoms with van der Waals surface area (Å²) in [5, 5.41) is 13.9. The Labute approximate surface area is 120 Å². The van der Waals surface area contributed by atoms with Gasteiger partial charge >= 0.3 is 0 Å². The Bertz CT molecular complexity index is 659. The lowest BCUT2D eigenvalue weighted by Gasteiger charge is -2.03. The Hall–Kier alpha value is -2.41. The molecule has 0 aliphatic carbocycles. The van der Waals surface area contributed by atoms with E-state index < -0.39 is 5.91 Å². The minimum atomic E-state index is -0.403. The van der Waals surface area contributed by atoms with Crippen LogP contribution in [0, 0.1) is 6.92 Å². The van der Waals surface area contributed by atoms with E-state index >= 15 is 0 Å². The molecule has 0 atom stereocenters. The molecular formula is C13H14N4O2S. The van der Waals surface area contributed by atoms with Gasteiger partial charge in [0.25, 0.3) is 5.91 Å². The summed E-state index contributed by atoms with van der Waals surface area (Å²) in [4.78, 5) is 11.9. The van der Waals surface area contributed by atoms with Crippen LogP contribution in [-0.2, 0) is 0 Å². The first-order valence-corrected chi connectivity index (χ1v) is 6.62. The Morgan fingerprint density at radius 3 is 2.85 bits per heavy atom. The number of rotatable bonds is 3. The Morgan fingerprint density at radius 1 is 1.50 bits per heavy atom. The zero-order valence-electron chi connectivity index (χ0n) is 11.0. The van der Waals surface area contributed by atoms with Gasteiger partial charge in [-0.15, -0.1) is 0 Å². The van der Waals surface area contributed by atoms with Crippen molar-refractivity contribution in [1.82, 2.24) is 9.80 Å². The van der Waals surface area contributed by atoms with E-state index in [1.165, 1.54) is 23.7 Å². The van der Waals surface area contributed by atoms with Crippen LogP contribution in [0.15, 0.2) is 29.4 Å². The van der Waals surface area contributed by atoms with Crippen molar-refractivity contribution in [3.05, 3.63) is 41.1 Å². The van der Waals surface area contributed by atoms with E-state index in [9.17, 15) is 9.90 Å². The van der Waals surface area contributed by atoms with Crippen molar-refractivity contribution in [3.63, 3.8) is 0 Å². The van der Waals surface area contributed by atoms with Crippen LogP contribution in [-0.4, -0.2) is 21.1 Å². The molecule has 1 amide bonds. The first kappa shape index (κ1) is 14.0. The van der Waals surface area contributed by atoms with Crippen LogP contribution >= 0.6 is 11.5 Å². The molecule has 1 heterocycles. The highest BCUT2D eigenvalue weighted by molar-refractivity contribution is 7.10. The third kappa shape index (κ3) is 2.94. The standard InChI is InChI=1S/C13H14N4O2S/c1-7(11-8(2)17-20-12(11)14)15-16-13(19)9-4-3-5-10(18)6-9/h3-6,18H,14H2,1-2H3,(H,16,19)/b15-7-. The van der Waals surface area contributed by atoms with Gasteiger partial charge in [-0.2, -0.15) is 9.47 Å². The van der Waals surface area contributed by atoms with Crippen molar-refractivity contribution >= 4 is 28.2 Å². The number of phenolic OH excluding ortho intramolecular Hbond substituents is 1. The number of nitrogens with zero attached hydrogens (tertiary/aromatic N) is 2. The van der Waals surface area contributed by atoms with Crippen molar-refractivity contribution in [1.29, 1.82) is 0 Å². The average molecular weight is 290 g/mol. The van der Waals surface area contributed by atoms with Gasteiger partial charge in [0.15, 0.2) is 0 Å². The van der Waals surface area contributed by atoms with Crippen LogP contribution in [0.1, 0.15) is 28.5 Å². The molecule has 6 nitrogen and oxygen atoms in total. The smallest absolute Gasteiger partial charge is 0.271 e. The highest BCUT2D eigenvalue weighted by atomic mass is 32.1. The largest absolute Gasteiger partial charge is 0.508 e. The summed E-state index contributed by atoms with van der Waals surface area (Å²) in [6.07, 6.45) is 0. The summed E-state index contributed by atoms with van der Waals surface area (Å²) in [6.45, 7) is 3.58. The number of carbonyl (C=O) groups excluding carboxylic acids is 1. The number of hydrogen-bond donors (Lipinski definition) is 3. The molecule has 0 radical (unpaired) electrons. The van der Waals surface area contributed by atoms with Crippen molar-refractivity contribution < 1.29 is 9.90 Å². The second-order valence-corrected chi connectivity index (χ2v) is 5.00. The van der Waals surface area contributed by atoms with Crippen molar-refractivity contribution in [2.24, 2.45) is 5.10 Å². The predicted octanol–water partition coefficient (Wildman–Crippen LogP) is 1.89. The number of aromatic nitrogens is 1. The van der Waals surface area contributed by atoms with E-state index in [0.717, 1.165) is 11.3 Å². The number of carbonyl (C=O) groups is 1. The minimum absolute atomic E-state index is 0.0282. The fourth-order valence-corrected chi connectivity index (χ4v) is 2.44. The highest BCUT2D eigenvalue weighted by Gasteiger charge is 2.11. The normalized spacial score (nSPS) is 11.4. The molecule has 2 aromatic rings. The Morgan fingerprint density at radius 2 is 2.25 bits per heavy atom. The van der Waals surface area contributed by atoms with E-state index in [1.807, 2.05) is 6.92 Å². The molecule has 7 heteroatoms. The molecule has 0 aliphatic rings. The molecule has 4 N–H and O–H groups in total. The second kappa shape index (κ2) is 5.70. The van der Waals surface area contributed by atoms with Gasteiger partial charge in [0.05, 0.1) is 17.0 Å². The third-order valence-corrected chi connectivity index (χ3v) is 3.45. The lowest BCUT2D eigenvalue weighted by Crippen LogP contribution is -2.19. The number of hydrazone groups is 1. The summed E-state index contributed by atoms with van der Waals surface area (Å²) in [5.41, 5.74) is 10.7. The lowest BCUT2D eigenvalue weighted by molar-refractivity contribution is 0.0954. The van der Waals surface area contributed by atoms with Crippen LogP contribution in [0.4, 0.5) is 5.00 Å². The zero-order valence-corrected chi connectivity index (χ0v) is 11.9. The van der Waals surface area contributed by atoms with Crippen LogP contribution in [0.25, 0.3) is 0 Å². The topological polar surface area (TPSA) is 101 Å². The number of nitrogens with two attached hydrogens (primary N) is 1. The maximum atomic E-state index is 11.9. The third-order valence-electron chi connectivity index (χ3n) is 2.68. The molecule has 0 saturated heterocycles. The maximum absolute atomic E-state index is 11.9. The van der Waals surface area contributed by atoms with Crippen molar-refractivity contribution in [3.8, 4) is 5.75 Å². The summed E-state index contributed by atoms with van der Waals surface area (Å²) in [5.74, 6) is -0.375. The number of nitrogen functional groups attached to an aromatic ring is 1.